The topological polar surface area (TPSA) is 134 Å². The summed E-state index contributed by atoms with van der Waals surface area (Å²) in [6.45, 7) is 24.7. The standard InChI is InChI=1S/C41H58N8O6Si/c1-28-26-53-37(51)47(28)33-13-12-14-34(43-33)49-32(19-24-50)41(8,27-54-56(10,11)40(5,6)7)31-25-42-36(44-35(31)49)48(38(52)55-39(2,3)4)30-17-15-29(16-18-30)46-22-20-45(9)21-23-46/h12-18,24-25,28,32H,19-23,26-27H2,1-11H3/t28-,32+,41+/m0/s1. The van der Waals surface area contributed by atoms with Crippen molar-refractivity contribution in [3.8, 4) is 0 Å². The largest absolute Gasteiger partial charge is 0.447 e. The highest BCUT2D eigenvalue weighted by Gasteiger charge is 2.52. The van der Waals surface area contributed by atoms with Crippen LogP contribution in [0.1, 0.15) is 67.4 Å². The summed E-state index contributed by atoms with van der Waals surface area (Å²) in [6.07, 6.45) is 1.66. The average molecular weight is 787 g/mol. The first kappa shape index (κ1) is 41.0. The van der Waals surface area contributed by atoms with Gasteiger partial charge in [0.05, 0.1) is 17.8 Å². The molecule has 2 amide bonds. The molecule has 0 N–H and O–H groups in total. The number of aldehydes is 1. The number of carbonyl (C=O) groups excluding carboxylic acids is 3. The molecular weight excluding hydrogens is 729 g/mol. The molecule has 0 spiro atoms. The Morgan fingerprint density at radius 2 is 1.64 bits per heavy atom. The minimum Gasteiger partial charge on any atom is -0.447 e. The highest BCUT2D eigenvalue weighted by atomic mass is 28.4. The van der Waals surface area contributed by atoms with E-state index in [1.807, 2.05) is 69.0 Å². The molecule has 302 valence electrons. The van der Waals surface area contributed by atoms with Gasteiger partial charge in [-0.05, 0) is 89.3 Å². The molecule has 1 aromatic carbocycles. The van der Waals surface area contributed by atoms with E-state index in [1.165, 1.54) is 9.80 Å². The number of hydrogen-bond donors (Lipinski definition) is 0. The number of anilines is 6. The summed E-state index contributed by atoms with van der Waals surface area (Å²) in [6, 6.07) is 12.5. The third-order valence-corrected chi connectivity index (χ3v) is 16.0. The van der Waals surface area contributed by atoms with Gasteiger partial charge in [0.1, 0.15) is 35.9 Å². The van der Waals surface area contributed by atoms with Crippen molar-refractivity contribution in [3.63, 3.8) is 0 Å². The van der Waals surface area contributed by atoms with E-state index in [4.69, 9.17) is 28.9 Å². The molecule has 0 bridgehead atoms. The summed E-state index contributed by atoms with van der Waals surface area (Å²) in [4.78, 5) is 64.0. The number of fused-ring (bicyclic) bond motifs is 1. The Morgan fingerprint density at radius 3 is 2.21 bits per heavy atom. The molecule has 2 fully saturated rings. The van der Waals surface area contributed by atoms with E-state index in [1.54, 1.807) is 12.3 Å². The van der Waals surface area contributed by atoms with Crippen molar-refractivity contribution in [1.29, 1.82) is 0 Å². The molecule has 56 heavy (non-hydrogen) atoms. The summed E-state index contributed by atoms with van der Waals surface area (Å²) >= 11 is 0. The lowest BCUT2D eigenvalue weighted by molar-refractivity contribution is -0.108. The van der Waals surface area contributed by atoms with E-state index < -0.39 is 37.6 Å². The highest BCUT2D eigenvalue weighted by molar-refractivity contribution is 6.74. The lowest BCUT2D eigenvalue weighted by atomic mass is 9.79. The van der Waals surface area contributed by atoms with Crippen molar-refractivity contribution in [2.24, 2.45) is 0 Å². The van der Waals surface area contributed by atoms with Crippen LogP contribution in [0, 0.1) is 0 Å². The summed E-state index contributed by atoms with van der Waals surface area (Å²) in [5, 5.41) is -0.0598. The normalized spacial score (nSPS) is 21.9. The Balaban J connectivity index is 1.49. The number of cyclic esters (lactones) is 1. The quantitative estimate of drug-likeness (QED) is 0.150. The number of hydrogen-bond acceptors (Lipinski definition) is 12. The molecule has 14 nitrogen and oxygen atoms in total. The third kappa shape index (κ3) is 8.12. The molecule has 0 saturated carbocycles. The fraction of sp³-hybridized carbons (Fsp3) is 0.561. The van der Waals surface area contributed by atoms with Crippen LogP contribution in [0.3, 0.4) is 0 Å². The minimum atomic E-state index is -2.26. The number of benzene rings is 1. The first-order chi connectivity index (χ1) is 26.2. The number of amides is 2. The number of carbonyl (C=O) groups is 3. The molecule has 3 aliphatic heterocycles. The van der Waals surface area contributed by atoms with Crippen molar-refractivity contribution in [2.75, 3.05) is 66.0 Å². The lowest BCUT2D eigenvalue weighted by Gasteiger charge is -2.41. The number of piperazine rings is 1. The molecule has 0 unspecified atom stereocenters. The van der Waals surface area contributed by atoms with Crippen LogP contribution in [0.25, 0.3) is 0 Å². The van der Waals surface area contributed by atoms with Gasteiger partial charge in [-0.25, -0.2) is 24.5 Å². The molecule has 3 aromatic rings. The molecule has 5 heterocycles. The van der Waals surface area contributed by atoms with Crippen molar-refractivity contribution in [3.05, 3.63) is 54.2 Å². The van der Waals surface area contributed by atoms with Gasteiger partial charge in [-0.2, -0.15) is 4.98 Å². The van der Waals surface area contributed by atoms with Crippen LogP contribution in [0.2, 0.25) is 18.1 Å². The maximum absolute atomic E-state index is 14.2. The predicted molar refractivity (Wildman–Crippen MR) is 221 cm³/mol. The fourth-order valence-electron chi connectivity index (χ4n) is 7.12. The number of nitrogens with zero attached hydrogens (tertiary/aromatic N) is 8. The Labute approximate surface area is 332 Å². The smallest absolute Gasteiger partial charge is 0.421 e. The second-order valence-corrected chi connectivity index (χ2v) is 22.7. The molecular formula is C41H58N8O6Si. The van der Waals surface area contributed by atoms with Crippen LogP contribution in [0.15, 0.2) is 48.7 Å². The second kappa shape index (κ2) is 15.4. The van der Waals surface area contributed by atoms with E-state index in [-0.39, 0.29) is 30.1 Å². The Kier molecular flexibility index (Phi) is 11.3. The number of likely N-dealkylation sites (N-methyl/N-ethyl adjacent to an activating group) is 1. The fourth-order valence-corrected chi connectivity index (χ4v) is 8.21. The predicted octanol–water partition coefficient (Wildman–Crippen LogP) is 7.43. The van der Waals surface area contributed by atoms with Gasteiger partial charge in [0.25, 0.3) is 0 Å². The maximum Gasteiger partial charge on any atom is 0.421 e. The molecule has 15 heteroatoms. The monoisotopic (exact) mass is 786 g/mol. The van der Waals surface area contributed by atoms with Crippen LogP contribution in [0.4, 0.5) is 44.4 Å². The van der Waals surface area contributed by atoms with Gasteiger partial charge in [0.2, 0.25) is 5.95 Å². The van der Waals surface area contributed by atoms with Crippen LogP contribution in [0.5, 0.6) is 0 Å². The average Bonchev–Trinajstić information content (AvgIpc) is 3.59. The number of pyridine rings is 1. The first-order valence-electron chi connectivity index (χ1n) is 19.5. The SMILES string of the molecule is C[C@H]1COC(=O)N1c1cccc(N2c3nc(N(C(=O)OC(C)(C)C)c4ccc(N5CCN(C)CC5)cc4)ncc3[C@@](C)(CO[Si](C)(C)C(C)(C)C)[C@H]2CC=O)n1. The van der Waals surface area contributed by atoms with Gasteiger partial charge >= 0.3 is 12.2 Å². The lowest BCUT2D eigenvalue weighted by Crippen LogP contribution is -2.49. The van der Waals surface area contributed by atoms with E-state index in [2.05, 4.69) is 57.6 Å². The zero-order chi connectivity index (χ0) is 40.8. The molecule has 2 saturated heterocycles. The van der Waals surface area contributed by atoms with Crippen LogP contribution >= 0.6 is 0 Å². The maximum atomic E-state index is 14.2. The van der Waals surface area contributed by atoms with Crippen molar-refractivity contribution in [1.82, 2.24) is 19.9 Å². The van der Waals surface area contributed by atoms with Gasteiger partial charge in [-0.1, -0.05) is 33.8 Å². The molecule has 0 radical (unpaired) electrons. The number of rotatable bonds is 10. The molecule has 3 atom stereocenters. The molecule has 2 aromatic heterocycles. The molecule has 3 aliphatic rings. The zero-order valence-corrected chi connectivity index (χ0v) is 35.8. The minimum absolute atomic E-state index is 0.0598. The summed E-state index contributed by atoms with van der Waals surface area (Å²) < 4.78 is 18.2. The van der Waals surface area contributed by atoms with Crippen molar-refractivity contribution in [2.45, 2.75) is 103 Å². The van der Waals surface area contributed by atoms with Gasteiger partial charge < -0.3 is 33.4 Å². The number of ether oxygens (including phenoxy) is 2. The first-order valence-corrected chi connectivity index (χ1v) is 22.4. The number of aromatic nitrogens is 3. The van der Waals surface area contributed by atoms with Crippen LogP contribution in [-0.4, -0.2) is 111 Å². The Morgan fingerprint density at radius 1 is 1.00 bits per heavy atom. The van der Waals surface area contributed by atoms with E-state index >= 15 is 0 Å². The summed E-state index contributed by atoms with van der Waals surface area (Å²) in [5.74, 6) is 1.47. The zero-order valence-electron chi connectivity index (χ0n) is 34.8. The summed E-state index contributed by atoms with van der Waals surface area (Å²) in [7, 11) is -0.141. The molecule has 6 rings (SSSR count). The third-order valence-electron chi connectivity index (χ3n) is 11.6. The van der Waals surface area contributed by atoms with E-state index in [0.717, 1.165) is 43.7 Å². The van der Waals surface area contributed by atoms with Crippen LogP contribution < -0.4 is 19.6 Å². The van der Waals surface area contributed by atoms with Gasteiger partial charge in [-0.15, -0.1) is 0 Å². The van der Waals surface area contributed by atoms with Crippen LogP contribution in [-0.2, 0) is 24.1 Å². The summed E-state index contributed by atoms with van der Waals surface area (Å²) in [5.41, 5.74) is 0.774. The van der Waals surface area contributed by atoms with Crippen molar-refractivity contribution >= 4 is 61.6 Å². The van der Waals surface area contributed by atoms with Gasteiger partial charge in [0.15, 0.2) is 8.32 Å². The van der Waals surface area contributed by atoms with Gasteiger partial charge in [0, 0.05) is 62.1 Å². The second-order valence-electron chi connectivity index (χ2n) is 17.9. The Bertz CT molecular complexity index is 1920. The van der Waals surface area contributed by atoms with E-state index in [0.29, 0.717) is 29.7 Å². The molecule has 0 aliphatic carbocycles. The van der Waals surface area contributed by atoms with Crippen molar-refractivity contribution < 1.29 is 28.3 Å². The van der Waals surface area contributed by atoms with E-state index in [9.17, 15) is 14.4 Å². The Hall–Kier alpha value is -4.60. The van der Waals surface area contributed by atoms with Gasteiger partial charge in [-0.3, -0.25) is 4.90 Å². The highest BCUT2D eigenvalue weighted by Crippen LogP contribution is 2.50.